The summed E-state index contributed by atoms with van der Waals surface area (Å²) in [6.45, 7) is 1.53. The van der Waals surface area contributed by atoms with Gasteiger partial charge in [-0.25, -0.2) is 9.59 Å². The van der Waals surface area contributed by atoms with Crippen molar-refractivity contribution in [3.05, 3.63) is 65.7 Å². The zero-order valence-corrected chi connectivity index (χ0v) is 14.0. The van der Waals surface area contributed by atoms with Crippen LogP contribution in [0.2, 0.25) is 0 Å². The maximum Gasteiger partial charge on any atom is 0.337 e. The molecule has 0 bridgehead atoms. The van der Waals surface area contributed by atoms with Gasteiger partial charge in [0.1, 0.15) is 6.10 Å². The van der Waals surface area contributed by atoms with Crippen molar-refractivity contribution in [1.29, 1.82) is 0 Å². The zero-order chi connectivity index (χ0) is 17.6. The maximum atomic E-state index is 12.5. The topological polar surface area (TPSA) is 67.9 Å². The van der Waals surface area contributed by atoms with Crippen molar-refractivity contribution >= 4 is 17.7 Å². The van der Waals surface area contributed by atoms with Gasteiger partial charge >= 0.3 is 12.0 Å². The number of carbonyl (C=O) groups excluding carboxylic acids is 2. The second kappa shape index (κ2) is 7.81. The van der Waals surface area contributed by atoms with Crippen LogP contribution < -0.4 is 5.32 Å². The molecule has 130 valence electrons. The smallest absolute Gasteiger partial charge is 0.337 e. The minimum atomic E-state index is -0.406. The summed E-state index contributed by atoms with van der Waals surface area (Å²) in [5.41, 5.74) is 2.12. The number of amides is 2. The van der Waals surface area contributed by atoms with Gasteiger partial charge in [-0.15, -0.1) is 0 Å². The van der Waals surface area contributed by atoms with Gasteiger partial charge in [0.05, 0.1) is 25.8 Å². The number of ether oxygens (including phenoxy) is 2. The minimum absolute atomic E-state index is 0.123. The number of hydrogen-bond donors (Lipinski definition) is 1. The number of hydrogen-bond acceptors (Lipinski definition) is 4. The first kappa shape index (κ1) is 17.0. The maximum absolute atomic E-state index is 12.5. The number of nitrogens with one attached hydrogen (secondary N) is 1. The van der Waals surface area contributed by atoms with E-state index >= 15 is 0 Å². The molecule has 1 atom stereocenters. The van der Waals surface area contributed by atoms with Crippen LogP contribution in [0.5, 0.6) is 0 Å². The van der Waals surface area contributed by atoms with E-state index in [4.69, 9.17) is 4.74 Å². The molecule has 0 saturated carbocycles. The van der Waals surface area contributed by atoms with Crippen molar-refractivity contribution in [2.24, 2.45) is 0 Å². The molecule has 6 heteroatoms. The molecule has 2 amide bonds. The standard InChI is InChI=1S/C19H20N2O4/c1-24-18(22)15-7-9-16(10-8-15)20-19(23)21-11-12-25-17(13-21)14-5-3-2-4-6-14/h2-10,17H,11-13H2,1H3,(H,20,23). The average molecular weight is 340 g/mol. The lowest BCUT2D eigenvalue weighted by molar-refractivity contribution is -0.0135. The molecule has 0 aromatic heterocycles. The van der Waals surface area contributed by atoms with E-state index in [2.05, 4.69) is 10.1 Å². The van der Waals surface area contributed by atoms with Crippen molar-refractivity contribution in [1.82, 2.24) is 4.90 Å². The number of esters is 1. The molecule has 2 aromatic rings. The Hall–Kier alpha value is -2.86. The Balaban J connectivity index is 1.62. The Labute approximate surface area is 146 Å². The lowest BCUT2D eigenvalue weighted by Crippen LogP contribution is -2.44. The fourth-order valence-corrected chi connectivity index (χ4v) is 2.71. The average Bonchev–Trinajstić information content (AvgIpc) is 2.68. The summed E-state index contributed by atoms with van der Waals surface area (Å²) in [4.78, 5) is 25.7. The van der Waals surface area contributed by atoms with Gasteiger partial charge < -0.3 is 19.7 Å². The Kier molecular flexibility index (Phi) is 5.30. The SMILES string of the molecule is COC(=O)c1ccc(NC(=O)N2CCOC(c3ccccc3)C2)cc1. The molecule has 0 spiro atoms. The molecule has 3 rings (SSSR count). The Bertz CT molecular complexity index is 731. The second-order valence-corrected chi connectivity index (χ2v) is 5.72. The lowest BCUT2D eigenvalue weighted by Gasteiger charge is -2.33. The number of morpholine rings is 1. The van der Waals surface area contributed by atoms with E-state index in [-0.39, 0.29) is 12.1 Å². The Morgan fingerprint density at radius 1 is 1.12 bits per heavy atom. The van der Waals surface area contributed by atoms with E-state index in [1.807, 2.05) is 30.3 Å². The molecule has 6 nitrogen and oxygen atoms in total. The third-order valence-electron chi connectivity index (χ3n) is 4.08. The predicted octanol–water partition coefficient (Wildman–Crippen LogP) is 3.08. The highest BCUT2D eigenvalue weighted by molar-refractivity contribution is 5.92. The third kappa shape index (κ3) is 4.16. The minimum Gasteiger partial charge on any atom is -0.465 e. The van der Waals surface area contributed by atoms with Crippen molar-refractivity contribution in [2.45, 2.75) is 6.10 Å². The normalized spacial score (nSPS) is 17.0. The molecule has 0 aliphatic carbocycles. The first-order valence-corrected chi connectivity index (χ1v) is 8.08. The highest BCUT2D eigenvalue weighted by Gasteiger charge is 2.25. The molecule has 1 aliphatic rings. The van der Waals surface area contributed by atoms with Gasteiger partial charge in [0.25, 0.3) is 0 Å². The van der Waals surface area contributed by atoms with E-state index in [0.717, 1.165) is 5.56 Å². The Morgan fingerprint density at radius 2 is 1.84 bits per heavy atom. The number of rotatable bonds is 3. The third-order valence-corrected chi connectivity index (χ3v) is 4.08. The summed E-state index contributed by atoms with van der Waals surface area (Å²) >= 11 is 0. The Morgan fingerprint density at radius 3 is 2.52 bits per heavy atom. The van der Waals surface area contributed by atoms with E-state index in [1.165, 1.54) is 7.11 Å². The highest BCUT2D eigenvalue weighted by Crippen LogP contribution is 2.22. The molecule has 25 heavy (non-hydrogen) atoms. The fourth-order valence-electron chi connectivity index (χ4n) is 2.71. The number of anilines is 1. The summed E-state index contributed by atoms with van der Waals surface area (Å²) < 4.78 is 10.4. The van der Waals surface area contributed by atoms with Gasteiger partial charge in [0, 0.05) is 12.2 Å². The van der Waals surface area contributed by atoms with E-state index in [0.29, 0.717) is 30.9 Å². The van der Waals surface area contributed by atoms with Crippen molar-refractivity contribution in [3.8, 4) is 0 Å². The van der Waals surface area contributed by atoms with Crippen molar-refractivity contribution < 1.29 is 19.1 Å². The van der Waals surface area contributed by atoms with Crippen LogP contribution in [0.4, 0.5) is 10.5 Å². The van der Waals surface area contributed by atoms with Crippen LogP contribution in [0.3, 0.4) is 0 Å². The van der Waals surface area contributed by atoms with Crippen LogP contribution in [0.1, 0.15) is 22.0 Å². The zero-order valence-electron chi connectivity index (χ0n) is 14.0. The molecule has 1 heterocycles. The molecule has 1 N–H and O–H groups in total. The summed E-state index contributed by atoms with van der Waals surface area (Å²) in [7, 11) is 1.33. The van der Waals surface area contributed by atoms with Gasteiger partial charge in [0.2, 0.25) is 0 Å². The highest BCUT2D eigenvalue weighted by atomic mass is 16.5. The molecular weight excluding hydrogens is 320 g/mol. The van der Waals surface area contributed by atoms with Gasteiger partial charge in [-0.1, -0.05) is 30.3 Å². The first-order valence-electron chi connectivity index (χ1n) is 8.08. The summed E-state index contributed by atoms with van der Waals surface area (Å²) in [5.74, 6) is -0.406. The fraction of sp³-hybridized carbons (Fsp3) is 0.263. The summed E-state index contributed by atoms with van der Waals surface area (Å²) in [5, 5.41) is 2.85. The second-order valence-electron chi connectivity index (χ2n) is 5.72. The number of methoxy groups -OCH3 is 1. The van der Waals surface area contributed by atoms with Crippen LogP contribution in [-0.2, 0) is 9.47 Å². The number of benzene rings is 2. The number of carbonyl (C=O) groups is 2. The molecule has 1 unspecified atom stereocenters. The molecule has 0 radical (unpaired) electrons. The van der Waals surface area contributed by atoms with Crippen molar-refractivity contribution in [3.63, 3.8) is 0 Å². The van der Waals surface area contributed by atoms with Gasteiger partial charge in [-0.2, -0.15) is 0 Å². The molecule has 2 aromatic carbocycles. The van der Waals surface area contributed by atoms with Crippen LogP contribution in [0, 0.1) is 0 Å². The summed E-state index contributed by atoms with van der Waals surface area (Å²) in [6.07, 6.45) is -0.123. The lowest BCUT2D eigenvalue weighted by atomic mass is 10.1. The quantitative estimate of drug-likeness (QED) is 0.872. The molecular formula is C19H20N2O4. The molecule has 1 aliphatic heterocycles. The van der Waals surface area contributed by atoms with E-state index < -0.39 is 5.97 Å². The first-order chi connectivity index (χ1) is 12.2. The van der Waals surface area contributed by atoms with Crippen molar-refractivity contribution in [2.75, 3.05) is 32.1 Å². The van der Waals surface area contributed by atoms with E-state index in [9.17, 15) is 9.59 Å². The summed E-state index contributed by atoms with van der Waals surface area (Å²) in [6, 6.07) is 16.3. The van der Waals surface area contributed by atoms with Gasteiger partial charge in [-0.3, -0.25) is 0 Å². The van der Waals surface area contributed by atoms with Crippen LogP contribution in [0.15, 0.2) is 54.6 Å². The monoisotopic (exact) mass is 340 g/mol. The van der Waals surface area contributed by atoms with Crippen LogP contribution >= 0.6 is 0 Å². The van der Waals surface area contributed by atoms with Gasteiger partial charge in [0.15, 0.2) is 0 Å². The van der Waals surface area contributed by atoms with E-state index in [1.54, 1.807) is 29.2 Å². The number of nitrogens with zero attached hydrogens (tertiary/aromatic N) is 1. The largest absolute Gasteiger partial charge is 0.465 e. The molecule has 1 saturated heterocycles. The van der Waals surface area contributed by atoms with Crippen LogP contribution in [0.25, 0.3) is 0 Å². The predicted molar refractivity (Wildman–Crippen MR) is 93.5 cm³/mol. The molecule has 1 fully saturated rings. The van der Waals surface area contributed by atoms with Gasteiger partial charge in [-0.05, 0) is 29.8 Å². The number of urea groups is 1. The van der Waals surface area contributed by atoms with Crippen LogP contribution in [-0.4, -0.2) is 43.7 Å².